The van der Waals surface area contributed by atoms with Crippen molar-refractivity contribution in [1.29, 1.82) is 5.26 Å². The third-order valence-corrected chi connectivity index (χ3v) is 4.07. The van der Waals surface area contributed by atoms with Crippen LogP contribution in [0.15, 0.2) is 24.3 Å². The smallest absolute Gasteiger partial charge is 0.246 e. The molecule has 0 N–H and O–H groups in total. The summed E-state index contributed by atoms with van der Waals surface area (Å²) in [4.78, 5) is 14.3. The van der Waals surface area contributed by atoms with E-state index in [2.05, 4.69) is 0 Å². The largest absolute Gasteiger partial charge is 0.493 e. The second-order valence-electron chi connectivity index (χ2n) is 5.78. The molecular formula is C19H24N2O3. The van der Waals surface area contributed by atoms with Gasteiger partial charge in [0, 0.05) is 19.2 Å². The van der Waals surface area contributed by atoms with E-state index < -0.39 is 0 Å². The van der Waals surface area contributed by atoms with Gasteiger partial charge in [-0.25, -0.2) is 0 Å². The molecule has 1 aliphatic rings. The van der Waals surface area contributed by atoms with Crippen molar-refractivity contribution in [2.45, 2.75) is 32.1 Å². The molecule has 1 amide bonds. The molecule has 0 saturated carbocycles. The molecule has 24 heavy (non-hydrogen) atoms. The Morgan fingerprint density at radius 3 is 2.58 bits per heavy atom. The first kappa shape index (κ1) is 17.9. The van der Waals surface area contributed by atoms with Crippen LogP contribution in [0.4, 0.5) is 0 Å². The van der Waals surface area contributed by atoms with Crippen molar-refractivity contribution >= 4 is 12.0 Å². The number of carbonyl (C=O) groups is 1. The second-order valence-corrected chi connectivity index (χ2v) is 5.78. The number of hydrogen-bond acceptors (Lipinski definition) is 4. The molecule has 0 radical (unpaired) electrons. The Morgan fingerprint density at radius 1 is 1.21 bits per heavy atom. The van der Waals surface area contributed by atoms with E-state index in [1.807, 2.05) is 17.0 Å². The summed E-state index contributed by atoms with van der Waals surface area (Å²) in [7, 11) is 1.55. The van der Waals surface area contributed by atoms with Gasteiger partial charge in [-0.15, -0.1) is 0 Å². The minimum atomic E-state index is -0.0288. The number of hydrogen-bond donors (Lipinski definition) is 0. The molecule has 1 fully saturated rings. The molecule has 128 valence electrons. The highest BCUT2D eigenvalue weighted by molar-refractivity contribution is 5.91. The Bertz CT molecular complexity index is 612. The van der Waals surface area contributed by atoms with Crippen molar-refractivity contribution in [1.82, 2.24) is 4.90 Å². The number of ether oxygens (including phenoxy) is 2. The van der Waals surface area contributed by atoms with Gasteiger partial charge in [-0.2, -0.15) is 5.26 Å². The van der Waals surface area contributed by atoms with Gasteiger partial charge in [-0.05, 0) is 36.6 Å². The predicted octanol–water partition coefficient (Wildman–Crippen LogP) is 3.40. The molecule has 1 aliphatic heterocycles. The third-order valence-electron chi connectivity index (χ3n) is 4.07. The fourth-order valence-corrected chi connectivity index (χ4v) is 2.76. The summed E-state index contributed by atoms with van der Waals surface area (Å²) >= 11 is 0. The lowest BCUT2D eigenvalue weighted by molar-refractivity contribution is -0.126. The lowest BCUT2D eigenvalue weighted by Gasteiger charge is -2.23. The Morgan fingerprint density at radius 2 is 1.92 bits per heavy atom. The van der Waals surface area contributed by atoms with Crippen LogP contribution in [-0.2, 0) is 4.79 Å². The van der Waals surface area contributed by atoms with E-state index in [1.54, 1.807) is 31.4 Å². The number of amides is 1. The number of carbonyl (C=O) groups excluding carboxylic acids is 1. The molecule has 0 atom stereocenters. The summed E-state index contributed by atoms with van der Waals surface area (Å²) in [5, 5.41) is 8.58. The Labute approximate surface area is 143 Å². The second kappa shape index (κ2) is 9.61. The van der Waals surface area contributed by atoms with Crippen LogP contribution in [0.25, 0.3) is 6.08 Å². The zero-order valence-electron chi connectivity index (χ0n) is 14.2. The van der Waals surface area contributed by atoms with Crippen LogP contribution >= 0.6 is 0 Å². The number of likely N-dealkylation sites (tertiary alicyclic amines) is 1. The molecule has 5 nitrogen and oxygen atoms in total. The van der Waals surface area contributed by atoms with Gasteiger partial charge in [-0.3, -0.25) is 4.79 Å². The van der Waals surface area contributed by atoms with Crippen LogP contribution in [-0.4, -0.2) is 37.6 Å². The van der Waals surface area contributed by atoms with Crippen molar-refractivity contribution in [3.05, 3.63) is 29.8 Å². The molecule has 5 heteroatoms. The van der Waals surface area contributed by atoms with Gasteiger partial charge < -0.3 is 14.4 Å². The molecular weight excluding hydrogens is 304 g/mol. The molecule has 0 aromatic heterocycles. The van der Waals surface area contributed by atoms with E-state index in [0.29, 0.717) is 11.5 Å². The monoisotopic (exact) mass is 328 g/mol. The molecule has 1 aromatic rings. The summed E-state index contributed by atoms with van der Waals surface area (Å²) < 4.78 is 10.6. The first-order valence-corrected chi connectivity index (χ1v) is 8.39. The van der Waals surface area contributed by atoms with Crippen molar-refractivity contribution in [2.24, 2.45) is 0 Å². The van der Waals surface area contributed by atoms with E-state index in [0.717, 1.165) is 31.5 Å². The quantitative estimate of drug-likeness (QED) is 0.777. The highest BCUT2D eigenvalue weighted by atomic mass is 16.5. The summed E-state index contributed by atoms with van der Waals surface area (Å²) in [5.74, 6) is 1.12. The van der Waals surface area contributed by atoms with Gasteiger partial charge in [0.05, 0.1) is 7.11 Å². The van der Waals surface area contributed by atoms with E-state index in [1.165, 1.54) is 19.3 Å². The molecule has 1 aromatic carbocycles. The lowest BCUT2D eigenvalue weighted by atomic mass is 10.1. The number of benzene rings is 1. The van der Waals surface area contributed by atoms with Crippen LogP contribution in [0.2, 0.25) is 0 Å². The first-order valence-electron chi connectivity index (χ1n) is 8.39. The van der Waals surface area contributed by atoms with Gasteiger partial charge in [0.25, 0.3) is 0 Å². The number of nitriles is 1. The summed E-state index contributed by atoms with van der Waals surface area (Å²) in [6.07, 6.45) is 9.25. The van der Waals surface area contributed by atoms with Crippen LogP contribution in [0, 0.1) is 11.3 Å². The van der Waals surface area contributed by atoms with Gasteiger partial charge >= 0.3 is 0 Å². The third kappa shape index (κ3) is 5.31. The van der Waals surface area contributed by atoms with E-state index in [4.69, 9.17) is 14.7 Å². The van der Waals surface area contributed by atoms with E-state index in [-0.39, 0.29) is 12.5 Å². The summed E-state index contributed by atoms with van der Waals surface area (Å²) in [6, 6.07) is 7.31. The van der Waals surface area contributed by atoms with E-state index >= 15 is 0 Å². The maximum Gasteiger partial charge on any atom is 0.246 e. The number of methoxy groups -OCH3 is 1. The molecule has 0 unspecified atom stereocenters. The minimum Gasteiger partial charge on any atom is -0.493 e. The number of nitrogens with zero attached hydrogens (tertiary/aromatic N) is 2. The van der Waals surface area contributed by atoms with Crippen LogP contribution < -0.4 is 9.47 Å². The van der Waals surface area contributed by atoms with Gasteiger partial charge in [-0.1, -0.05) is 25.3 Å². The maximum absolute atomic E-state index is 12.3. The molecule has 1 saturated heterocycles. The predicted molar refractivity (Wildman–Crippen MR) is 92.8 cm³/mol. The van der Waals surface area contributed by atoms with Crippen molar-refractivity contribution in [2.75, 3.05) is 26.8 Å². The van der Waals surface area contributed by atoms with Crippen molar-refractivity contribution < 1.29 is 14.3 Å². The average molecular weight is 328 g/mol. The summed E-state index contributed by atoms with van der Waals surface area (Å²) in [5.41, 5.74) is 0.858. The van der Waals surface area contributed by atoms with Crippen LogP contribution in [0.3, 0.4) is 0 Å². The lowest BCUT2D eigenvalue weighted by Crippen LogP contribution is -2.32. The summed E-state index contributed by atoms with van der Waals surface area (Å²) in [6.45, 7) is 1.65. The van der Waals surface area contributed by atoms with Crippen LogP contribution in [0.1, 0.15) is 37.7 Å². The average Bonchev–Trinajstić information content (AvgIpc) is 2.57. The fraction of sp³-hybridized carbons (Fsp3) is 0.474. The standard InChI is InChI=1S/C19H24N2O3/c1-23-18-15-16(7-9-17(18)24-14-11-20)8-10-19(22)21-12-5-3-2-4-6-13-21/h7-10,15H,2-6,12-14H2,1H3/b10-8+. The zero-order valence-corrected chi connectivity index (χ0v) is 14.2. The Kier molecular flexibility index (Phi) is 7.16. The normalized spacial score (nSPS) is 15.4. The van der Waals surface area contributed by atoms with Gasteiger partial charge in [0.15, 0.2) is 18.1 Å². The molecule has 2 rings (SSSR count). The topological polar surface area (TPSA) is 62.6 Å². The van der Waals surface area contributed by atoms with Crippen molar-refractivity contribution in [3.63, 3.8) is 0 Å². The minimum absolute atomic E-state index is 0.0288. The molecule has 1 heterocycles. The SMILES string of the molecule is COc1cc(/C=C/C(=O)N2CCCCCCC2)ccc1OCC#N. The molecule has 0 bridgehead atoms. The van der Waals surface area contributed by atoms with Gasteiger partial charge in [0.1, 0.15) is 6.07 Å². The van der Waals surface area contributed by atoms with Crippen molar-refractivity contribution in [3.8, 4) is 17.6 Å². The molecule has 0 spiro atoms. The maximum atomic E-state index is 12.3. The number of rotatable bonds is 5. The zero-order chi connectivity index (χ0) is 17.2. The highest BCUT2D eigenvalue weighted by Gasteiger charge is 2.12. The van der Waals surface area contributed by atoms with Crippen LogP contribution in [0.5, 0.6) is 11.5 Å². The Balaban J connectivity index is 2.02. The fourth-order valence-electron chi connectivity index (χ4n) is 2.76. The first-order chi connectivity index (χ1) is 11.7. The van der Waals surface area contributed by atoms with E-state index in [9.17, 15) is 4.79 Å². The van der Waals surface area contributed by atoms with Gasteiger partial charge in [0.2, 0.25) is 5.91 Å². The highest BCUT2D eigenvalue weighted by Crippen LogP contribution is 2.28. The Hall–Kier alpha value is -2.48. The molecule has 0 aliphatic carbocycles.